The van der Waals surface area contributed by atoms with Crippen LogP contribution in [0.1, 0.15) is 48.5 Å². The van der Waals surface area contributed by atoms with Crippen molar-refractivity contribution in [2.45, 2.75) is 380 Å². The van der Waals surface area contributed by atoms with Crippen LogP contribution < -0.4 is 31.9 Å². The molecule has 10 aliphatic rings. The van der Waals surface area contributed by atoms with Gasteiger partial charge < -0.3 is 275 Å². The topological polar surface area (TPSA) is 946 Å². The zero-order chi connectivity index (χ0) is 103. The second-order valence-electron chi connectivity index (χ2n) is 35.1. The molecule has 139 heavy (non-hydrogen) atoms. The summed E-state index contributed by atoms with van der Waals surface area (Å²) in [6, 6.07) is -11.6. The maximum Gasteiger partial charge on any atom is 0.217 e. The average Bonchev–Trinajstić information content (AvgIpc) is 0.772. The Bertz CT molecular complexity index is 3840. The number of carbonyl (C=O) groups is 6. The van der Waals surface area contributed by atoms with E-state index in [1.54, 1.807) is 0 Å². The quantitative estimate of drug-likeness (QED) is 0.0271. The zero-order valence-corrected chi connectivity index (χ0v) is 75.5. The minimum absolute atomic E-state index is 0.844. The summed E-state index contributed by atoms with van der Waals surface area (Å²) in [5.41, 5.74) is 0. The van der Waals surface area contributed by atoms with Crippen molar-refractivity contribution in [3.05, 3.63) is 0 Å². The molecule has 0 aliphatic carbocycles. The van der Waals surface area contributed by atoms with Crippen LogP contribution in [0.3, 0.4) is 0 Å². The van der Waals surface area contributed by atoms with E-state index in [1.165, 1.54) is 6.92 Å². The molecule has 54 atom stereocenters. The Balaban J connectivity index is 1.07. The Morgan fingerprint density at radius 2 is 0.576 bits per heavy atom. The predicted octanol–water partition coefficient (Wildman–Crippen LogP) is -23.5. The Morgan fingerprint density at radius 1 is 0.266 bits per heavy atom. The molecule has 0 radical (unpaired) electrons. The normalized spacial score (nSPS) is 45.9. The summed E-state index contributed by atoms with van der Waals surface area (Å²) in [6.07, 6.45) is -104. The van der Waals surface area contributed by atoms with E-state index in [9.17, 15) is 177 Å². The van der Waals surface area contributed by atoms with E-state index in [4.69, 9.17) is 94.7 Å². The van der Waals surface area contributed by atoms with Gasteiger partial charge in [-0.1, -0.05) is 0 Å². The molecule has 10 saturated heterocycles. The highest BCUT2D eigenvalue weighted by atomic mass is 16.8. The molecule has 61 heteroatoms. The molecule has 35 N–H and O–H groups in total. The monoisotopic (exact) mass is 2030 g/mol. The van der Waals surface area contributed by atoms with Crippen molar-refractivity contribution >= 4 is 35.4 Å². The molecular weight excluding hydrogens is 1900 g/mol. The van der Waals surface area contributed by atoms with Gasteiger partial charge in [0.2, 0.25) is 35.4 Å². The number of ether oxygens (including phenoxy) is 20. The van der Waals surface area contributed by atoms with Gasteiger partial charge in [-0.2, -0.15) is 0 Å². The number of nitrogens with one attached hydrogen (secondary N) is 6. The summed E-state index contributed by atoms with van der Waals surface area (Å²) in [6.45, 7) is -6.07. The van der Waals surface area contributed by atoms with E-state index in [1.807, 2.05) is 0 Å². The van der Waals surface area contributed by atoms with E-state index in [0.29, 0.717) is 0 Å². The van der Waals surface area contributed by atoms with Crippen LogP contribution in [0.5, 0.6) is 0 Å². The van der Waals surface area contributed by atoms with E-state index in [-0.39, 0.29) is 0 Å². The molecule has 6 amide bonds. The van der Waals surface area contributed by atoms with Gasteiger partial charge >= 0.3 is 0 Å². The summed E-state index contributed by atoms with van der Waals surface area (Å²) in [5.74, 6) is -5.76. The van der Waals surface area contributed by atoms with Crippen LogP contribution in [-0.4, -0.2) is 587 Å². The van der Waals surface area contributed by atoms with Crippen LogP contribution in [-0.2, 0) is 124 Å². The Morgan fingerprint density at radius 3 is 1.01 bits per heavy atom. The maximum atomic E-state index is 13.4. The fraction of sp³-hybridized carbons (Fsp3) is 0.923. The lowest BCUT2D eigenvalue weighted by molar-refractivity contribution is -0.404. The largest absolute Gasteiger partial charge is 0.394 e. The lowest BCUT2D eigenvalue weighted by atomic mass is 9.93. The summed E-state index contributed by atoms with van der Waals surface area (Å²) in [7, 11) is 0. The minimum Gasteiger partial charge on any atom is -0.394 e. The van der Waals surface area contributed by atoms with E-state index in [2.05, 4.69) is 31.9 Å². The van der Waals surface area contributed by atoms with Crippen LogP contribution in [0.15, 0.2) is 0 Å². The first-order valence-electron chi connectivity index (χ1n) is 44.4. The van der Waals surface area contributed by atoms with Crippen molar-refractivity contribution in [3.63, 3.8) is 0 Å². The third kappa shape index (κ3) is 27.1. The van der Waals surface area contributed by atoms with Gasteiger partial charge in [0.15, 0.2) is 62.9 Å². The van der Waals surface area contributed by atoms with Gasteiger partial charge in [0.1, 0.15) is 256 Å². The first-order valence-corrected chi connectivity index (χ1v) is 44.4. The fourth-order valence-corrected chi connectivity index (χ4v) is 17.6. The van der Waals surface area contributed by atoms with E-state index < -0.39 is 439 Å². The maximum absolute atomic E-state index is 13.4. The smallest absolute Gasteiger partial charge is 0.217 e. The Kier molecular flexibility index (Phi) is 42.9. The van der Waals surface area contributed by atoms with Crippen molar-refractivity contribution in [2.24, 2.45) is 0 Å². The van der Waals surface area contributed by atoms with Crippen LogP contribution in [0.25, 0.3) is 0 Å². The molecule has 0 aromatic carbocycles. The Hall–Kier alpha value is -5.14. The lowest BCUT2D eigenvalue weighted by Crippen LogP contribution is -2.71. The highest BCUT2D eigenvalue weighted by molar-refractivity contribution is 5.75. The first-order chi connectivity index (χ1) is 65.6. The number of aliphatic hydroxyl groups is 29. The lowest BCUT2D eigenvalue weighted by Gasteiger charge is -2.52. The number of rotatable bonds is 40. The second kappa shape index (κ2) is 51.5. The second-order valence-corrected chi connectivity index (χ2v) is 35.1. The summed E-state index contributed by atoms with van der Waals surface area (Å²) in [5, 5.41) is 343. The van der Waals surface area contributed by atoms with Crippen LogP contribution in [0.4, 0.5) is 0 Å². The number of hydrogen-bond acceptors (Lipinski definition) is 55. The van der Waals surface area contributed by atoms with Crippen molar-refractivity contribution in [2.75, 3.05) is 72.7 Å². The van der Waals surface area contributed by atoms with Crippen molar-refractivity contribution < 1.29 is 272 Å². The highest BCUT2D eigenvalue weighted by Crippen LogP contribution is 2.41. The van der Waals surface area contributed by atoms with Crippen molar-refractivity contribution in [1.29, 1.82) is 0 Å². The zero-order valence-electron chi connectivity index (χ0n) is 75.5. The summed E-state index contributed by atoms with van der Waals surface area (Å²) < 4.78 is 121. The third-order valence-electron chi connectivity index (χ3n) is 25.0. The van der Waals surface area contributed by atoms with Gasteiger partial charge in [-0.25, -0.2) is 0 Å². The molecule has 10 heterocycles. The predicted molar refractivity (Wildman–Crippen MR) is 433 cm³/mol. The molecule has 0 spiro atoms. The third-order valence-corrected chi connectivity index (χ3v) is 25.0. The van der Waals surface area contributed by atoms with Gasteiger partial charge in [-0.05, 0) is 6.92 Å². The molecular formula is C78H132N6O55. The van der Waals surface area contributed by atoms with Gasteiger partial charge in [-0.3, -0.25) is 28.8 Å². The number of carbonyl (C=O) groups excluding carboxylic acids is 6. The average molecular weight is 2030 g/mol. The van der Waals surface area contributed by atoms with Crippen molar-refractivity contribution in [1.82, 2.24) is 31.9 Å². The molecule has 10 aliphatic heterocycles. The van der Waals surface area contributed by atoms with Gasteiger partial charge in [0.25, 0.3) is 0 Å². The van der Waals surface area contributed by atoms with E-state index in [0.717, 1.165) is 41.5 Å². The molecule has 0 aromatic rings. The number of aliphatic hydroxyl groups excluding tert-OH is 29. The van der Waals surface area contributed by atoms with Gasteiger partial charge in [0.05, 0.1) is 84.8 Å². The summed E-state index contributed by atoms with van der Waals surface area (Å²) in [4.78, 5) is 77.5. The molecule has 0 unspecified atom stereocenters. The molecule has 61 nitrogen and oxygen atoms in total. The molecule has 10 fully saturated rings. The molecule has 0 bridgehead atoms. The number of hydrogen-bond donors (Lipinski definition) is 35. The molecule has 10 rings (SSSR count). The van der Waals surface area contributed by atoms with Crippen LogP contribution in [0.2, 0.25) is 0 Å². The van der Waals surface area contributed by atoms with Crippen LogP contribution >= 0.6 is 0 Å². The standard InChI is InChI=1S/C78H132N6O55/c1-19-42(100)55(113)58(116)74(123-19)120-16-27(99)62(43(101)26(8-85)79-20(2)93)133-72-40(83-24(6)97)53(111)64(33(14-91)128-72)136-76-61(119)66(49(107)36(131-76)18-122-77-67(138-70-38(81-22(4)95)51(109)45(103)29(10-87)125-70)57(115)48(106)35(132-77)17-121-69-37(80-21(3)94)50(108)44(102)28(9-86)124-69)137-78-68(139-71-39(82-23(5)96)52(110)46(104)30(11-88)126-71)60(118)65(34(15-92)130-78)134-73-41(84-25(7)98)54(112)63(32(13-90)129-73)135-75-59(117)56(114)47(105)31(12-89)127-75/h19,26-78,85-92,99-119H,8-18H2,1-7H3,(H,79,93)(H,80,94)(H,81,95)(H,82,96)(H,83,97)(H,84,98)/t19-,26-,27+,28+,29+,30+,31+,32+,33+,34+,35+,36+,37+,38+,39-,40+,41+,42+,43+,44+,45+,46+,47-,48+,49+,50+,51+,52+,53+,54+,55+,56-,57-,58-,59+,60-,61-,62+,63+,64+,65+,66-,67-,68-,69+,70-,71-,72-,73-,74+,75-,76-,77-,78+/m0/s1. The van der Waals surface area contributed by atoms with Crippen LogP contribution in [0, 0.1) is 0 Å². The summed E-state index contributed by atoms with van der Waals surface area (Å²) >= 11 is 0. The van der Waals surface area contributed by atoms with Crippen molar-refractivity contribution in [3.8, 4) is 0 Å². The Labute approximate surface area is 788 Å². The first kappa shape index (κ1) is 116. The molecule has 804 valence electrons. The fourth-order valence-electron chi connectivity index (χ4n) is 17.6. The van der Waals surface area contributed by atoms with Gasteiger partial charge in [0, 0.05) is 41.5 Å². The highest BCUT2D eigenvalue weighted by Gasteiger charge is 2.62. The SMILES string of the molecule is CC(=O)N[C@@H]1[C@H](O[C@@H]2[C@@H](O[C@@H]3[C@H](O)[C@H](O[C@H]4[C@H](O)[C@@H](NC(C)=O)[C@H](O[C@@H]([C@H](O)[C@H](CO)NC(C)=O)[C@H](O)CO[C@@H]5O[C@@H](C)[C@@H](O)[C@@H](O)[C@@H]5O)O[C@@H]4CO)O[C@H](CO[C@H]4O[C@H](CO[C@@H]5O[C@H](CO)[C@@H](O)[C@H](O)[C@H]5NC(C)=O)[C@@H](O)[C@H](O)[C@@H]4O[C@@H]4O[C@H](CO)[C@@H](O)[C@H](O)[C@H]4NC(C)=O)[C@H]3O)O[C@H](CO)[C@@H](O[C@@H]3O[C@H](CO)[C@@H](O[C@@H]4O[C@H](CO)[C@H](O)[C@H](O)[C@H]4O)[C@H](O)[C@H]3NC(C)=O)[C@@H]2O)O[C@H](CO)[C@@H](O)[C@@H]1O. The molecule has 0 aromatic heterocycles. The number of amides is 6. The van der Waals surface area contributed by atoms with E-state index >= 15 is 0 Å². The van der Waals surface area contributed by atoms with Gasteiger partial charge in [-0.15, -0.1) is 0 Å². The minimum atomic E-state index is -2.78. The molecule has 0 saturated carbocycles.